The molecule has 0 atom stereocenters. The Hall–Kier alpha value is -5.12. The first-order valence-electron chi connectivity index (χ1n) is 17.9. The summed E-state index contributed by atoms with van der Waals surface area (Å²) in [4.78, 5) is 4.10. The van der Waals surface area contributed by atoms with Gasteiger partial charge >= 0.3 is 6.18 Å². The summed E-state index contributed by atoms with van der Waals surface area (Å²) in [5, 5.41) is 31.1. The molecule has 3 N–H and O–H groups in total. The van der Waals surface area contributed by atoms with Crippen LogP contribution < -0.4 is 19.5 Å². The molecule has 0 amide bonds. The monoisotopic (exact) mass is 773 g/mol. The number of benzene rings is 4. The number of unbranched alkanes of at least 4 members (excludes halogenated alkanes) is 1. The molecule has 12 heteroatoms. The maximum atomic E-state index is 14.0. The van der Waals surface area contributed by atoms with Gasteiger partial charge in [0.05, 0.1) is 22.8 Å². The molecule has 0 fully saturated rings. The number of nitrogens with one attached hydrogen (secondary N) is 1. The van der Waals surface area contributed by atoms with E-state index in [1.54, 1.807) is 30.5 Å². The molecule has 0 aliphatic heterocycles. The van der Waals surface area contributed by atoms with Crippen molar-refractivity contribution in [1.82, 2.24) is 10.3 Å². The number of hydrogen-bond donors (Lipinski definition) is 3. The Labute approximate surface area is 324 Å². The van der Waals surface area contributed by atoms with Crippen LogP contribution in [0.4, 0.5) is 13.2 Å². The summed E-state index contributed by atoms with van der Waals surface area (Å²) in [6, 6.07) is 23.0. The average molecular weight is 774 g/mol. The fourth-order valence-corrected chi connectivity index (χ4v) is 6.39. The second kappa shape index (κ2) is 19.5. The van der Waals surface area contributed by atoms with Crippen molar-refractivity contribution in [3.63, 3.8) is 0 Å². The number of aryl methyl sites for hydroxylation is 1. The summed E-state index contributed by atoms with van der Waals surface area (Å²) in [5.41, 5.74) is 6.97. The Morgan fingerprint density at radius 3 is 2.05 bits per heavy atom. The van der Waals surface area contributed by atoms with Gasteiger partial charge in [0.2, 0.25) is 0 Å². The fourth-order valence-electron chi connectivity index (χ4n) is 6.15. The van der Waals surface area contributed by atoms with Crippen molar-refractivity contribution >= 4 is 11.6 Å². The molecule has 1 aromatic heterocycles. The van der Waals surface area contributed by atoms with Crippen molar-refractivity contribution < 1.29 is 37.6 Å². The van der Waals surface area contributed by atoms with Crippen LogP contribution in [0.1, 0.15) is 62.9 Å². The molecule has 55 heavy (non-hydrogen) atoms. The Morgan fingerprint density at radius 2 is 1.42 bits per heavy atom. The van der Waals surface area contributed by atoms with Crippen LogP contribution in [0.2, 0.25) is 5.02 Å². The number of aliphatic hydroxyl groups is 2. The highest BCUT2D eigenvalue weighted by Gasteiger charge is 2.34. The van der Waals surface area contributed by atoms with E-state index in [9.17, 15) is 23.5 Å². The molecule has 8 nitrogen and oxygen atoms in total. The standard InChI is InChI=1S/C43H43ClF3N3O5/c1-28-33(26-54-40-13-12-30(7-3-4-15-51)18-38(40)43(45,46)47)8-5-10-36(28)37-11-6-9-34(29(37)2)27-55-42-20-41(35(19-39(42)44)24-49-14-16-52)53-25-32-17-31(21-48)22-50-23-32/h5-6,8-13,17-20,22-23,49,51-52H,3-4,7,14-16,24-27H2,1-2H3. The SMILES string of the molecule is Cc1c(COc2cc(OCc3cncc(C#N)c3)c(CNCCO)cc2Cl)cccc1-c1cccc(COc2ccc(CCCCO)cc2C(F)(F)F)c1C. The number of aliphatic hydroxyl groups excluding tert-OH is 2. The maximum absolute atomic E-state index is 14.0. The Kier molecular flexibility index (Phi) is 14.5. The van der Waals surface area contributed by atoms with Gasteiger partial charge in [0.15, 0.2) is 0 Å². The van der Waals surface area contributed by atoms with Gasteiger partial charge in [-0.05, 0) is 96.3 Å². The number of hydrogen-bond acceptors (Lipinski definition) is 8. The third-order valence-corrected chi connectivity index (χ3v) is 9.50. The highest BCUT2D eigenvalue weighted by atomic mass is 35.5. The lowest BCUT2D eigenvalue weighted by Crippen LogP contribution is -2.18. The Bertz CT molecular complexity index is 2120. The molecule has 0 unspecified atom stereocenters. The minimum absolute atomic E-state index is 0.00301. The van der Waals surface area contributed by atoms with Gasteiger partial charge in [0.25, 0.3) is 0 Å². The molecule has 0 bridgehead atoms. The number of aromatic nitrogens is 1. The van der Waals surface area contributed by atoms with Crippen LogP contribution in [0, 0.1) is 25.2 Å². The van der Waals surface area contributed by atoms with Crippen LogP contribution >= 0.6 is 11.6 Å². The second-order valence-corrected chi connectivity index (χ2v) is 13.4. The van der Waals surface area contributed by atoms with E-state index >= 15 is 0 Å². The third-order valence-electron chi connectivity index (χ3n) is 9.21. The lowest BCUT2D eigenvalue weighted by molar-refractivity contribution is -0.139. The van der Waals surface area contributed by atoms with Gasteiger partial charge in [0, 0.05) is 49.3 Å². The van der Waals surface area contributed by atoms with Gasteiger partial charge < -0.3 is 29.7 Å². The predicted molar refractivity (Wildman–Crippen MR) is 205 cm³/mol. The van der Waals surface area contributed by atoms with E-state index in [4.69, 9.17) is 30.9 Å². The van der Waals surface area contributed by atoms with Gasteiger partial charge in [-0.3, -0.25) is 4.98 Å². The lowest BCUT2D eigenvalue weighted by atomic mass is 9.92. The van der Waals surface area contributed by atoms with E-state index in [0.29, 0.717) is 60.0 Å². The van der Waals surface area contributed by atoms with E-state index in [0.717, 1.165) is 50.6 Å². The van der Waals surface area contributed by atoms with Crippen molar-refractivity contribution in [3.8, 4) is 34.4 Å². The van der Waals surface area contributed by atoms with Gasteiger partial charge in [0.1, 0.15) is 43.1 Å². The summed E-state index contributed by atoms with van der Waals surface area (Å²) in [5.74, 6) is 0.692. The third kappa shape index (κ3) is 11.0. The molecule has 0 aliphatic rings. The molecular weight excluding hydrogens is 731 g/mol. The van der Waals surface area contributed by atoms with Crippen molar-refractivity contribution in [2.45, 2.75) is 65.7 Å². The van der Waals surface area contributed by atoms with Crippen LogP contribution in [0.15, 0.2) is 85.2 Å². The number of pyridine rings is 1. The van der Waals surface area contributed by atoms with Gasteiger partial charge in [-0.15, -0.1) is 0 Å². The van der Waals surface area contributed by atoms with Gasteiger partial charge in [-0.2, -0.15) is 18.4 Å². The molecule has 0 radical (unpaired) electrons. The summed E-state index contributed by atoms with van der Waals surface area (Å²) >= 11 is 6.70. The Balaban J connectivity index is 1.33. The number of alkyl halides is 3. The maximum Gasteiger partial charge on any atom is 0.419 e. The molecule has 0 spiro atoms. The van der Waals surface area contributed by atoms with E-state index in [1.165, 1.54) is 12.3 Å². The van der Waals surface area contributed by atoms with Crippen LogP contribution in [0.3, 0.4) is 0 Å². The van der Waals surface area contributed by atoms with Gasteiger partial charge in [-0.25, -0.2) is 0 Å². The smallest absolute Gasteiger partial charge is 0.419 e. The molecule has 288 valence electrons. The zero-order valence-corrected chi connectivity index (χ0v) is 31.4. The van der Waals surface area contributed by atoms with Crippen LogP contribution in [0.25, 0.3) is 11.1 Å². The first kappa shape index (κ1) is 41.1. The minimum Gasteiger partial charge on any atom is -0.488 e. The van der Waals surface area contributed by atoms with Gasteiger partial charge in [-0.1, -0.05) is 54.1 Å². The van der Waals surface area contributed by atoms with Crippen LogP contribution in [0.5, 0.6) is 17.2 Å². The fraction of sp³-hybridized carbons (Fsp3) is 0.302. The lowest BCUT2D eigenvalue weighted by Gasteiger charge is -2.19. The summed E-state index contributed by atoms with van der Waals surface area (Å²) in [7, 11) is 0. The molecular formula is C43H43ClF3N3O5. The number of nitriles is 1. The number of nitrogens with zero attached hydrogens (tertiary/aromatic N) is 2. The summed E-state index contributed by atoms with van der Waals surface area (Å²) in [6.07, 6.45) is 0.0738. The highest BCUT2D eigenvalue weighted by Crippen LogP contribution is 2.39. The number of ether oxygens (including phenoxy) is 3. The molecule has 0 aliphatic carbocycles. The zero-order chi connectivity index (χ0) is 39.4. The van der Waals surface area contributed by atoms with Crippen molar-refractivity contribution in [3.05, 3.63) is 140 Å². The normalized spacial score (nSPS) is 11.3. The number of rotatable bonds is 18. The second-order valence-electron chi connectivity index (χ2n) is 13.0. The van der Waals surface area contributed by atoms with Crippen LogP contribution in [-0.2, 0) is 39.0 Å². The zero-order valence-electron chi connectivity index (χ0n) is 30.7. The largest absolute Gasteiger partial charge is 0.488 e. The molecule has 4 aromatic carbocycles. The summed E-state index contributed by atoms with van der Waals surface area (Å²) < 4.78 is 60.3. The first-order valence-corrected chi connectivity index (χ1v) is 18.2. The molecule has 0 saturated heterocycles. The van der Waals surface area contributed by atoms with E-state index in [2.05, 4.69) is 16.4 Å². The quantitative estimate of drug-likeness (QED) is 0.0756. The molecule has 5 rings (SSSR count). The van der Waals surface area contributed by atoms with Crippen LogP contribution in [-0.4, -0.2) is 35.0 Å². The summed E-state index contributed by atoms with van der Waals surface area (Å²) in [6.45, 7) is 4.95. The van der Waals surface area contributed by atoms with Crippen molar-refractivity contribution in [1.29, 1.82) is 5.26 Å². The Morgan fingerprint density at radius 1 is 0.745 bits per heavy atom. The number of halogens is 4. The molecule has 5 aromatic rings. The molecule has 1 heterocycles. The van der Waals surface area contributed by atoms with Crippen molar-refractivity contribution in [2.24, 2.45) is 0 Å². The van der Waals surface area contributed by atoms with Crippen molar-refractivity contribution in [2.75, 3.05) is 19.8 Å². The first-order chi connectivity index (χ1) is 26.5. The minimum atomic E-state index is -4.58. The average Bonchev–Trinajstić information content (AvgIpc) is 3.17. The highest BCUT2D eigenvalue weighted by molar-refractivity contribution is 6.32. The predicted octanol–water partition coefficient (Wildman–Crippen LogP) is 9.04. The topological polar surface area (TPSA) is 117 Å². The van der Waals surface area contributed by atoms with E-state index < -0.39 is 11.7 Å². The van der Waals surface area contributed by atoms with E-state index in [1.807, 2.05) is 50.2 Å². The van der Waals surface area contributed by atoms with E-state index in [-0.39, 0.29) is 38.8 Å². The molecule has 0 saturated carbocycles.